The average molecular weight is 313 g/mol. The second kappa shape index (κ2) is 11.2. The van der Waals surface area contributed by atoms with Gasteiger partial charge in [0.25, 0.3) is 0 Å². The topological polar surface area (TPSA) is 66.4 Å². The number of aliphatic carboxylic acids is 1. The highest BCUT2D eigenvalue weighted by Crippen LogP contribution is 2.07. The standard InChI is InChI=1S/C17H31NO4/c1-5-6-7-8-9-10-11-12-17(21)22-15(13-16(19)20)14-18(2,3)4/h9-10,15H,5-8,11-14H2,1-4H3/b10-9-/t15-/m1/s1. The summed E-state index contributed by atoms with van der Waals surface area (Å²) in [5, 5.41) is 10.7. The van der Waals surface area contributed by atoms with E-state index in [9.17, 15) is 14.7 Å². The molecule has 0 unspecified atom stereocenters. The Labute approximate surface area is 134 Å². The lowest BCUT2D eigenvalue weighted by Gasteiger charge is -2.29. The number of nitrogens with zero attached hydrogens (tertiary/aromatic N) is 1. The van der Waals surface area contributed by atoms with E-state index in [0.29, 0.717) is 17.4 Å². The number of hydrogen-bond acceptors (Lipinski definition) is 4. The lowest BCUT2D eigenvalue weighted by atomic mass is 10.2. The minimum Gasteiger partial charge on any atom is -0.550 e. The zero-order valence-corrected chi connectivity index (χ0v) is 14.5. The van der Waals surface area contributed by atoms with Crippen LogP contribution >= 0.6 is 0 Å². The normalized spacial score (nSPS) is 13.3. The number of unbranched alkanes of at least 4 members (excludes halogenated alkanes) is 3. The molecule has 1 atom stereocenters. The molecule has 0 aromatic heterocycles. The van der Waals surface area contributed by atoms with Crippen LogP contribution in [0.2, 0.25) is 0 Å². The van der Waals surface area contributed by atoms with Gasteiger partial charge in [0.1, 0.15) is 6.54 Å². The number of carboxylic acid groups (broad SMARTS) is 1. The predicted octanol–water partition coefficient (Wildman–Crippen LogP) is 1.66. The second-order valence-electron chi connectivity index (χ2n) is 6.67. The molecule has 0 aromatic rings. The van der Waals surface area contributed by atoms with Crippen molar-refractivity contribution in [2.24, 2.45) is 0 Å². The first kappa shape index (κ1) is 20.6. The number of carboxylic acids is 1. The van der Waals surface area contributed by atoms with E-state index < -0.39 is 12.1 Å². The second-order valence-corrected chi connectivity index (χ2v) is 6.67. The number of carbonyl (C=O) groups is 2. The Morgan fingerprint density at radius 2 is 1.77 bits per heavy atom. The number of ether oxygens (including phenoxy) is 1. The van der Waals surface area contributed by atoms with Crippen molar-refractivity contribution in [3.63, 3.8) is 0 Å². The SMILES string of the molecule is CCCCC/C=C\CCC(=O)O[C@H](CC(=O)[O-])C[N+](C)(C)C. The van der Waals surface area contributed by atoms with Gasteiger partial charge in [-0.25, -0.2) is 0 Å². The zero-order chi connectivity index (χ0) is 17.0. The number of allylic oxidation sites excluding steroid dienone is 2. The number of rotatable bonds is 12. The zero-order valence-electron chi connectivity index (χ0n) is 14.5. The molecular weight excluding hydrogens is 282 g/mol. The van der Waals surface area contributed by atoms with Gasteiger partial charge < -0.3 is 19.1 Å². The van der Waals surface area contributed by atoms with Crippen LogP contribution in [0.5, 0.6) is 0 Å². The quantitative estimate of drug-likeness (QED) is 0.238. The van der Waals surface area contributed by atoms with Gasteiger partial charge in [-0.2, -0.15) is 0 Å². The fourth-order valence-corrected chi connectivity index (χ4v) is 2.13. The van der Waals surface area contributed by atoms with Crippen molar-refractivity contribution in [1.29, 1.82) is 0 Å². The number of esters is 1. The molecule has 0 heterocycles. The van der Waals surface area contributed by atoms with Crippen molar-refractivity contribution in [1.82, 2.24) is 0 Å². The van der Waals surface area contributed by atoms with Crippen molar-refractivity contribution >= 4 is 11.9 Å². The molecule has 0 amide bonds. The molecular formula is C17H31NO4. The van der Waals surface area contributed by atoms with Gasteiger partial charge in [0, 0.05) is 18.8 Å². The Hall–Kier alpha value is -1.36. The number of hydrogen-bond donors (Lipinski definition) is 0. The minimum absolute atomic E-state index is 0.256. The van der Waals surface area contributed by atoms with E-state index in [-0.39, 0.29) is 18.8 Å². The molecule has 0 aliphatic rings. The van der Waals surface area contributed by atoms with Crippen molar-refractivity contribution in [3.8, 4) is 0 Å². The largest absolute Gasteiger partial charge is 0.550 e. The van der Waals surface area contributed by atoms with Crippen LogP contribution in [-0.4, -0.2) is 50.2 Å². The molecule has 0 rings (SSSR count). The smallest absolute Gasteiger partial charge is 0.306 e. The van der Waals surface area contributed by atoms with E-state index >= 15 is 0 Å². The van der Waals surface area contributed by atoms with Crippen molar-refractivity contribution in [2.45, 2.75) is 58.0 Å². The first-order valence-corrected chi connectivity index (χ1v) is 8.09. The summed E-state index contributed by atoms with van der Waals surface area (Å²) in [7, 11) is 5.78. The van der Waals surface area contributed by atoms with Crippen LogP contribution in [0.15, 0.2) is 12.2 Å². The molecule has 0 radical (unpaired) electrons. The average Bonchev–Trinajstić information content (AvgIpc) is 2.34. The summed E-state index contributed by atoms with van der Waals surface area (Å²) in [6.45, 7) is 2.62. The monoisotopic (exact) mass is 313 g/mol. The van der Waals surface area contributed by atoms with Gasteiger partial charge >= 0.3 is 5.97 Å². The highest BCUT2D eigenvalue weighted by Gasteiger charge is 2.22. The van der Waals surface area contributed by atoms with Gasteiger partial charge in [-0.15, -0.1) is 0 Å². The summed E-state index contributed by atoms with van der Waals surface area (Å²) in [6.07, 6.45) is 8.75. The lowest BCUT2D eigenvalue weighted by molar-refractivity contribution is -0.873. The van der Waals surface area contributed by atoms with E-state index in [1.807, 2.05) is 27.2 Å². The molecule has 0 aliphatic heterocycles. The fraction of sp³-hybridized carbons (Fsp3) is 0.765. The van der Waals surface area contributed by atoms with Gasteiger partial charge in [0.2, 0.25) is 0 Å². The molecule has 22 heavy (non-hydrogen) atoms. The highest BCUT2D eigenvalue weighted by molar-refractivity contribution is 5.71. The Bertz CT molecular complexity index is 358. The Balaban J connectivity index is 4.09. The molecule has 0 aliphatic carbocycles. The van der Waals surface area contributed by atoms with Crippen LogP contribution in [0, 0.1) is 0 Å². The van der Waals surface area contributed by atoms with Crippen LogP contribution in [0.1, 0.15) is 51.9 Å². The van der Waals surface area contributed by atoms with E-state index in [1.54, 1.807) is 0 Å². The summed E-state index contributed by atoms with van der Waals surface area (Å²) in [6, 6.07) is 0. The van der Waals surface area contributed by atoms with Gasteiger partial charge in [-0.3, -0.25) is 4.79 Å². The minimum atomic E-state index is -1.19. The van der Waals surface area contributed by atoms with Crippen LogP contribution < -0.4 is 5.11 Å². The van der Waals surface area contributed by atoms with E-state index in [4.69, 9.17) is 4.74 Å². The number of likely N-dealkylation sites (N-methyl/N-ethyl adjacent to an activating group) is 1. The molecule has 5 heteroatoms. The summed E-state index contributed by atoms with van der Waals surface area (Å²) < 4.78 is 5.80. The first-order valence-electron chi connectivity index (χ1n) is 8.09. The molecule has 0 saturated heterocycles. The Kier molecular flexibility index (Phi) is 10.5. The van der Waals surface area contributed by atoms with E-state index in [1.165, 1.54) is 19.3 Å². The van der Waals surface area contributed by atoms with E-state index in [0.717, 1.165) is 6.42 Å². The van der Waals surface area contributed by atoms with Gasteiger partial charge in [-0.05, 0) is 19.3 Å². The van der Waals surface area contributed by atoms with Crippen molar-refractivity contribution in [3.05, 3.63) is 12.2 Å². The molecule has 0 spiro atoms. The first-order chi connectivity index (χ1) is 10.2. The Morgan fingerprint density at radius 3 is 2.32 bits per heavy atom. The third-order valence-corrected chi connectivity index (χ3v) is 3.10. The van der Waals surface area contributed by atoms with Gasteiger partial charge in [0.05, 0.1) is 21.1 Å². The molecule has 5 nitrogen and oxygen atoms in total. The molecule has 0 N–H and O–H groups in total. The molecule has 128 valence electrons. The fourth-order valence-electron chi connectivity index (χ4n) is 2.13. The number of quaternary nitrogens is 1. The summed E-state index contributed by atoms with van der Waals surface area (Å²) >= 11 is 0. The summed E-state index contributed by atoms with van der Waals surface area (Å²) in [5.74, 6) is -1.54. The summed E-state index contributed by atoms with van der Waals surface area (Å²) in [5.41, 5.74) is 0. The van der Waals surface area contributed by atoms with Gasteiger partial charge in [-0.1, -0.05) is 31.9 Å². The lowest BCUT2D eigenvalue weighted by Crippen LogP contribution is -2.45. The Morgan fingerprint density at radius 1 is 1.14 bits per heavy atom. The maximum atomic E-state index is 11.8. The molecule has 0 fully saturated rings. The van der Waals surface area contributed by atoms with Crippen molar-refractivity contribution in [2.75, 3.05) is 27.7 Å². The number of carbonyl (C=O) groups excluding carboxylic acids is 2. The third kappa shape index (κ3) is 13.6. The van der Waals surface area contributed by atoms with Gasteiger partial charge in [0.15, 0.2) is 6.10 Å². The van der Waals surface area contributed by atoms with Crippen LogP contribution in [0.25, 0.3) is 0 Å². The van der Waals surface area contributed by atoms with Crippen LogP contribution in [-0.2, 0) is 14.3 Å². The maximum absolute atomic E-state index is 11.8. The molecule has 0 saturated carbocycles. The maximum Gasteiger partial charge on any atom is 0.306 e. The molecule has 0 aromatic carbocycles. The summed E-state index contributed by atoms with van der Waals surface area (Å²) in [4.78, 5) is 22.5. The van der Waals surface area contributed by atoms with Crippen molar-refractivity contribution < 1.29 is 23.9 Å². The van der Waals surface area contributed by atoms with E-state index in [2.05, 4.69) is 13.0 Å². The molecule has 0 bridgehead atoms. The predicted molar refractivity (Wildman–Crippen MR) is 84.9 cm³/mol. The van der Waals surface area contributed by atoms with Crippen LogP contribution in [0.4, 0.5) is 0 Å². The highest BCUT2D eigenvalue weighted by atomic mass is 16.5. The van der Waals surface area contributed by atoms with Crippen LogP contribution in [0.3, 0.4) is 0 Å². The third-order valence-electron chi connectivity index (χ3n) is 3.10.